The molecule has 42 heavy (non-hydrogen) atoms. The Hall–Kier alpha value is -3.96. The number of benzene rings is 2. The molecule has 0 spiro atoms. The monoisotopic (exact) mass is 593 g/mol. The number of carboxylic acid groups (broad SMARTS) is 1. The second-order valence-electron chi connectivity index (χ2n) is 10.4. The van der Waals surface area contributed by atoms with E-state index in [0.29, 0.717) is 24.6 Å². The molecule has 2 heterocycles. The summed E-state index contributed by atoms with van der Waals surface area (Å²) in [5, 5.41) is 15.6. The van der Waals surface area contributed by atoms with Crippen LogP contribution in [-0.2, 0) is 9.53 Å². The molecule has 0 saturated carbocycles. The minimum atomic E-state index is -0.969. The van der Waals surface area contributed by atoms with Crippen molar-refractivity contribution in [3.63, 3.8) is 0 Å². The van der Waals surface area contributed by atoms with Crippen LogP contribution in [0.1, 0.15) is 48.2 Å². The maximum atomic E-state index is 12.7. The van der Waals surface area contributed by atoms with E-state index in [4.69, 9.17) is 9.84 Å². The molecular formula is C31H39N5O5S. The highest BCUT2D eigenvalue weighted by molar-refractivity contribution is 7.17. The number of likely N-dealkylation sites (N-methyl/N-ethyl adjacent to an activating group) is 1. The summed E-state index contributed by atoms with van der Waals surface area (Å²) >= 11 is 1.12. The van der Waals surface area contributed by atoms with Gasteiger partial charge in [-0.25, -0.2) is 14.6 Å². The van der Waals surface area contributed by atoms with Crippen LogP contribution in [0, 0.1) is 0 Å². The Morgan fingerprint density at radius 1 is 1.05 bits per heavy atom. The number of nitrogens with one attached hydrogen (secondary N) is 2. The van der Waals surface area contributed by atoms with Crippen molar-refractivity contribution < 1.29 is 24.2 Å². The van der Waals surface area contributed by atoms with E-state index in [9.17, 15) is 14.4 Å². The van der Waals surface area contributed by atoms with Crippen LogP contribution in [0.25, 0.3) is 11.1 Å². The first kappa shape index (κ1) is 31.0. The van der Waals surface area contributed by atoms with E-state index in [2.05, 4.69) is 20.5 Å². The lowest BCUT2D eigenvalue weighted by molar-refractivity contribution is -0.130. The molecule has 4 rings (SSSR count). The largest absolute Gasteiger partial charge is 0.477 e. The standard InChI is InChI=1S/C31H39N5O5S/c1-35(28(37)14-6-3-9-17-32-30-33-22-27(42-30)29(38)39)20-21-36-18-15-24(16-19-36)41-31(40)34-26-13-8-7-12-25(26)23-10-4-2-5-11-23/h2,4-5,7-8,10-13,22,24H,3,6,9,14-21H2,1H3,(H,32,33)(H,34,40)(H,38,39). The number of carboxylic acids is 1. The molecule has 0 aliphatic carbocycles. The topological polar surface area (TPSA) is 124 Å². The molecule has 3 aromatic rings. The van der Waals surface area contributed by atoms with Crippen molar-refractivity contribution in [3.05, 3.63) is 65.7 Å². The van der Waals surface area contributed by atoms with Gasteiger partial charge in [0.1, 0.15) is 11.0 Å². The highest BCUT2D eigenvalue weighted by Gasteiger charge is 2.23. The summed E-state index contributed by atoms with van der Waals surface area (Å²) in [6.07, 6.45) is 5.42. The maximum Gasteiger partial charge on any atom is 0.411 e. The third-order valence-corrected chi connectivity index (χ3v) is 8.24. The minimum Gasteiger partial charge on any atom is -0.477 e. The zero-order valence-electron chi connectivity index (χ0n) is 24.0. The highest BCUT2D eigenvalue weighted by atomic mass is 32.1. The van der Waals surface area contributed by atoms with E-state index in [1.807, 2.05) is 61.6 Å². The Balaban J connectivity index is 1.07. The Morgan fingerprint density at radius 2 is 1.79 bits per heavy atom. The van der Waals surface area contributed by atoms with E-state index < -0.39 is 12.1 Å². The van der Waals surface area contributed by atoms with Gasteiger partial charge in [0.2, 0.25) is 5.91 Å². The Morgan fingerprint density at radius 3 is 2.52 bits per heavy atom. The molecule has 1 aromatic heterocycles. The van der Waals surface area contributed by atoms with Crippen molar-refractivity contribution in [1.82, 2.24) is 14.8 Å². The van der Waals surface area contributed by atoms with Crippen LogP contribution in [-0.4, -0.2) is 83.7 Å². The van der Waals surface area contributed by atoms with Crippen LogP contribution < -0.4 is 10.6 Å². The lowest BCUT2D eigenvalue weighted by atomic mass is 10.0. The SMILES string of the molecule is CN(CCN1CCC(OC(=O)Nc2ccccc2-c2ccccc2)CC1)C(=O)CCCCCNc1ncc(C(=O)O)s1. The van der Waals surface area contributed by atoms with E-state index in [0.717, 1.165) is 79.9 Å². The number of nitrogens with zero attached hydrogens (tertiary/aromatic N) is 3. The normalized spacial score (nSPS) is 13.8. The Bertz CT molecular complexity index is 1310. The molecule has 10 nitrogen and oxygen atoms in total. The van der Waals surface area contributed by atoms with Gasteiger partial charge in [-0.05, 0) is 37.3 Å². The number of carbonyl (C=O) groups is 3. The Labute approximate surface area is 250 Å². The van der Waals surface area contributed by atoms with Gasteiger partial charge in [0.05, 0.1) is 11.9 Å². The number of likely N-dealkylation sites (tertiary alicyclic amines) is 1. The number of piperidine rings is 1. The summed E-state index contributed by atoms with van der Waals surface area (Å²) < 4.78 is 5.73. The molecule has 2 aromatic carbocycles. The first-order valence-corrected chi connectivity index (χ1v) is 15.2. The number of thiazole rings is 1. The molecule has 1 saturated heterocycles. The summed E-state index contributed by atoms with van der Waals surface area (Å²) in [5.41, 5.74) is 2.70. The summed E-state index contributed by atoms with van der Waals surface area (Å²) in [7, 11) is 1.85. The smallest absolute Gasteiger partial charge is 0.411 e. The van der Waals surface area contributed by atoms with Gasteiger partial charge in [-0.1, -0.05) is 66.3 Å². The van der Waals surface area contributed by atoms with Gasteiger partial charge in [-0.3, -0.25) is 10.1 Å². The molecule has 11 heteroatoms. The molecule has 3 N–H and O–H groups in total. The zero-order valence-corrected chi connectivity index (χ0v) is 24.8. The predicted molar refractivity (Wildman–Crippen MR) is 165 cm³/mol. The number of aromatic carboxylic acids is 1. The number of rotatable bonds is 14. The fraction of sp³-hybridized carbons (Fsp3) is 0.419. The molecular weight excluding hydrogens is 554 g/mol. The first-order chi connectivity index (χ1) is 20.4. The number of hydrogen-bond acceptors (Lipinski definition) is 8. The molecule has 1 fully saturated rings. The van der Waals surface area contributed by atoms with Crippen molar-refractivity contribution in [2.45, 2.75) is 44.6 Å². The number of anilines is 2. The van der Waals surface area contributed by atoms with Crippen LogP contribution in [0.2, 0.25) is 0 Å². The molecule has 1 aliphatic rings. The first-order valence-electron chi connectivity index (χ1n) is 14.4. The number of hydrogen-bond donors (Lipinski definition) is 3. The van der Waals surface area contributed by atoms with Crippen LogP contribution >= 0.6 is 11.3 Å². The van der Waals surface area contributed by atoms with E-state index >= 15 is 0 Å². The molecule has 0 unspecified atom stereocenters. The molecule has 2 amide bonds. The van der Waals surface area contributed by atoms with Crippen molar-refractivity contribution in [1.29, 1.82) is 0 Å². The summed E-state index contributed by atoms with van der Waals surface area (Å²) in [6, 6.07) is 17.6. The molecule has 1 aliphatic heterocycles. The van der Waals surface area contributed by atoms with Crippen LogP contribution in [0.5, 0.6) is 0 Å². The second kappa shape index (κ2) is 15.9. The summed E-state index contributed by atoms with van der Waals surface area (Å²) in [4.78, 5) is 44.5. The number of carbonyl (C=O) groups excluding carboxylic acids is 2. The lowest BCUT2D eigenvalue weighted by Gasteiger charge is -2.32. The van der Waals surface area contributed by atoms with Crippen LogP contribution in [0.15, 0.2) is 60.8 Å². The van der Waals surface area contributed by atoms with Gasteiger partial charge in [-0.2, -0.15) is 0 Å². The minimum absolute atomic E-state index is 0.131. The van der Waals surface area contributed by atoms with Crippen molar-refractivity contribution in [3.8, 4) is 11.1 Å². The van der Waals surface area contributed by atoms with Gasteiger partial charge < -0.3 is 25.0 Å². The third kappa shape index (κ3) is 9.56. The molecule has 0 atom stereocenters. The van der Waals surface area contributed by atoms with Crippen molar-refractivity contribution in [2.24, 2.45) is 0 Å². The van der Waals surface area contributed by atoms with Crippen LogP contribution in [0.3, 0.4) is 0 Å². The average Bonchev–Trinajstić information content (AvgIpc) is 3.48. The quantitative estimate of drug-likeness (QED) is 0.205. The molecule has 224 valence electrons. The molecule has 0 bridgehead atoms. The number of aromatic nitrogens is 1. The van der Waals surface area contributed by atoms with Gasteiger partial charge in [0.15, 0.2) is 5.13 Å². The van der Waals surface area contributed by atoms with Gasteiger partial charge >= 0.3 is 12.1 Å². The number of ether oxygens (including phenoxy) is 1. The predicted octanol–water partition coefficient (Wildman–Crippen LogP) is 5.65. The van der Waals surface area contributed by atoms with Gasteiger partial charge in [-0.15, -0.1) is 0 Å². The number of para-hydroxylation sites is 1. The third-order valence-electron chi connectivity index (χ3n) is 7.29. The summed E-state index contributed by atoms with van der Waals surface area (Å²) in [6.45, 7) is 3.79. The van der Waals surface area contributed by atoms with E-state index in [1.165, 1.54) is 6.20 Å². The number of unbranched alkanes of at least 4 members (excludes halogenated alkanes) is 2. The maximum absolute atomic E-state index is 12.7. The fourth-order valence-electron chi connectivity index (χ4n) is 4.84. The average molecular weight is 594 g/mol. The number of amides is 2. The summed E-state index contributed by atoms with van der Waals surface area (Å²) in [5.74, 6) is -0.831. The Kier molecular flexibility index (Phi) is 11.7. The fourth-order valence-corrected chi connectivity index (χ4v) is 5.52. The zero-order chi connectivity index (χ0) is 29.7. The highest BCUT2D eigenvalue weighted by Crippen LogP contribution is 2.28. The second-order valence-corrected chi connectivity index (χ2v) is 11.4. The van der Waals surface area contributed by atoms with E-state index in [1.54, 1.807) is 4.90 Å². The van der Waals surface area contributed by atoms with Crippen molar-refractivity contribution in [2.75, 3.05) is 50.4 Å². The van der Waals surface area contributed by atoms with Gasteiger partial charge in [0.25, 0.3) is 0 Å². The van der Waals surface area contributed by atoms with Gasteiger partial charge in [0, 0.05) is 51.8 Å². The van der Waals surface area contributed by atoms with Crippen molar-refractivity contribution >= 4 is 40.1 Å². The van der Waals surface area contributed by atoms with Crippen LogP contribution in [0.4, 0.5) is 15.6 Å². The lowest BCUT2D eigenvalue weighted by Crippen LogP contribution is -2.42. The molecule has 0 radical (unpaired) electrons. The van der Waals surface area contributed by atoms with E-state index in [-0.39, 0.29) is 16.9 Å².